The van der Waals surface area contributed by atoms with Crippen molar-refractivity contribution in [2.45, 2.75) is 89.6 Å². The average Bonchev–Trinajstić information content (AvgIpc) is 3.24. The van der Waals surface area contributed by atoms with Gasteiger partial charge in [0.05, 0.1) is 59.7 Å². The van der Waals surface area contributed by atoms with Gasteiger partial charge in [0.1, 0.15) is 11.6 Å². The zero-order chi connectivity index (χ0) is 51.8. The second-order valence-electron chi connectivity index (χ2n) is 15.9. The monoisotopic (exact) mass is 1030 g/mol. The van der Waals surface area contributed by atoms with Crippen molar-refractivity contribution in [3.63, 3.8) is 0 Å². The molecule has 0 saturated heterocycles. The molecule has 0 unspecified atom stereocenters. The molecule has 0 aliphatic rings. The number of nitrogens with zero attached hydrogens (tertiary/aromatic N) is 6. The molecule has 2 aromatic heterocycles. The van der Waals surface area contributed by atoms with Crippen LogP contribution in [0.3, 0.4) is 0 Å². The van der Waals surface area contributed by atoms with E-state index in [1.165, 1.54) is 94.0 Å². The Morgan fingerprint density at radius 3 is 1.16 bits per heavy atom. The summed E-state index contributed by atoms with van der Waals surface area (Å²) < 4.78 is 77.1. The Morgan fingerprint density at radius 1 is 0.623 bits per heavy atom. The fourth-order valence-electron chi connectivity index (χ4n) is 6.07. The van der Waals surface area contributed by atoms with Crippen LogP contribution in [0.1, 0.15) is 87.7 Å². The van der Waals surface area contributed by atoms with Gasteiger partial charge < -0.3 is 46.0 Å². The summed E-state index contributed by atoms with van der Waals surface area (Å²) in [5, 5.41) is 61.1. The van der Waals surface area contributed by atoms with Crippen LogP contribution < -0.4 is 24.6 Å². The van der Waals surface area contributed by atoms with Crippen LogP contribution in [0.5, 0.6) is 0 Å². The number of aromatic nitrogens is 4. The molecule has 2 aromatic carbocycles. The van der Waals surface area contributed by atoms with Crippen LogP contribution in [0.25, 0.3) is 34.7 Å². The van der Waals surface area contributed by atoms with Gasteiger partial charge in [0.15, 0.2) is 0 Å². The fourth-order valence-corrected chi connectivity index (χ4v) is 6.83. The standard InChI is InChI=1S/2C22H28FN3O6S.CH5N.Ca/c2*1-13(2)20-18(10-9-16(27)11-17(28)12-19(29)30)21(14-5-7-15(23)8-6-14)25-22(24-20)26(3)33(4,31)32;1-2;/h2*5-10,13,16-17,27-28H,11-12H2,1-4H3,(H,29,30);2H2,1H3;/q;;;+2/p-2/t2*16-,17-;;/m11../s1. The second-order valence-corrected chi connectivity index (χ2v) is 19.9. The number of sulfonamides is 2. The van der Waals surface area contributed by atoms with E-state index in [0.29, 0.717) is 45.0 Å². The number of benzene rings is 2. The van der Waals surface area contributed by atoms with Gasteiger partial charge in [-0.1, -0.05) is 52.0 Å². The smallest absolute Gasteiger partial charge is 0.550 e. The molecular weight excluding hydrogens is 973 g/mol. The van der Waals surface area contributed by atoms with Crippen molar-refractivity contribution >= 4 is 93.8 Å². The van der Waals surface area contributed by atoms with E-state index < -0.39 is 80.9 Å². The second kappa shape index (κ2) is 28.3. The Balaban J connectivity index is 0.000000657. The number of carboxylic acids is 2. The van der Waals surface area contributed by atoms with E-state index in [1.54, 1.807) is 0 Å². The Kier molecular flexibility index (Phi) is 25.6. The first-order valence-corrected chi connectivity index (χ1v) is 24.6. The molecule has 0 aliphatic carbocycles. The third-order valence-electron chi connectivity index (χ3n) is 9.62. The first kappa shape index (κ1) is 62.5. The van der Waals surface area contributed by atoms with Crippen molar-refractivity contribution in [3.8, 4) is 22.5 Å². The Labute approximate surface area is 431 Å². The molecule has 0 spiro atoms. The number of carbonyl (C=O) groups is 2. The van der Waals surface area contributed by atoms with Crippen LogP contribution in [0.15, 0.2) is 60.7 Å². The predicted molar refractivity (Wildman–Crippen MR) is 256 cm³/mol. The van der Waals surface area contributed by atoms with Crippen LogP contribution in [-0.2, 0) is 29.6 Å². The van der Waals surface area contributed by atoms with Gasteiger partial charge in [0.25, 0.3) is 0 Å². The fraction of sp³-hybridized carbons (Fsp3) is 0.422. The minimum Gasteiger partial charge on any atom is -0.550 e. The summed E-state index contributed by atoms with van der Waals surface area (Å²) in [6.45, 7) is 7.38. The molecule has 4 rings (SSSR count). The van der Waals surface area contributed by atoms with Crippen molar-refractivity contribution in [1.29, 1.82) is 0 Å². The van der Waals surface area contributed by atoms with Crippen molar-refractivity contribution in [2.75, 3.05) is 42.3 Å². The quantitative estimate of drug-likeness (QED) is 0.0780. The number of anilines is 2. The summed E-state index contributed by atoms with van der Waals surface area (Å²) in [6.07, 6.45) is 1.16. The number of hydrogen-bond acceptors (Lipinski definition) is 17. The summed E-state index contributed by atoms with van der Waals surface area (Å²) in [4.78, 5) is 38.9. The van der Waals surface area contributed by atoms with Crippen molar-refractivity contribution in [1.82, 2.24) is 19.9 Å². The molecule has 4 aromatic rings. The molecule has 2 heterocycles. The third-order valence-corrected chi connectivity index (χ3v) is 11.9. The van der Waals surface area contributed by atoms with Crippen molar-refractivity contribution in [3.05, 3.63) is 94.8 Å². The molecule has 0 radical (unpaired) electrons. The van der Waals surface area contributed by atoms with Gasteiger partial charge in [0.2, 0.25) is 31.9 Å². The Morgan fingerprint density at radius 2 is 0.913 bits per heavy atom. The molecule has 0 saturated carbocycles. The van der Waals surface area contributed by atoms with Crippen LogP contribution in [-0.4, -0.2) is 165 Å². The largest absolute Gasteiger partial charge is 2.00 e. The minimum absolute atomic E-state index is 0. The summed E-state index contributed by atoms with van der Waals surface area (Å²) in [5.41, 5.74) is 8.02. The zero-order valence-corrected chi connectivity index (χ0v) is 43.7. The molecule has 6 N–H and O–H groups in total. The summed E-state index contributed by atoms with van der Waals surface area (Å²) in [5.74, 6) is -4.28. The number of nitrogens with two attached hydrogens (primary N) is 1. The molecule has 0 amide bonds. The SMILES string of the molecule is CC(C)c1nc(N(C)S(C)(=O)=O)nc(-c2ccc(F)cc2)c1C=C[C@@H](O)C[C@@H](O)CC(=O)[O-].CC(C)c1nc(N(C)S(C)(=O)=O)nc(-c2ccc(F)cc2)c1C=C[C@@H](O)C[C@@H](O)CC(=O)[O-].CN.[Ca+2]. The van der Waals surface area contributed by atoms with Gasteiger partial charge in [-0.15, -0.1) is 0 Å². The molecule has 0 bridgehead atoms. The van der Waals surface area contributed by atoms with Gasteiger partial charge >= 0.3 is 37.7 Å². The average molecular weight is 1030 g/mol. The number of rotatable bonds is 20. The van der Waals surface area contributed by atoms with Crippen LogP contribution >= 0.6 is 0 Å². The van der Waals surface area contributed by atoms with Crippen LogP contribution in [0, 0.1) is 11.6 Å². The Hall–Kier alpha value is -4.56. The number of hydrogen-bond donors (Lipinski definition) is 5. The van der Waals surface area contributed by atoms with Crippen LogP contribution in [0.2, 0.25) is 0 Å². The summed E-state index contributed by atoms with van der Waals surface area (Å²) >= 11 is 0. The number of carboxylic acid groups (broad SMARTS) is 2. The first-order valence-electron chi connectivity index (χ1n) is 20.9. The van der Waals surface area contributed by atoms with Crippen molar-refractivity contribution in [2.24, 2.45) is 5.73 Å². The van der Waals surface area contributed by atoms with E-state index in [1.807, 2.05) is 27.7 Å². The summed E-state index contributed by atoms with van der Waals surface area (Å²) in [7, 11) is -3.17. The third kappa shape index (κ3) is 20.0. The molecule has 0 aliphatic heterocycles. The van der Waals surface area contributed by atoms with Gasteiger partial charge in [-0.25, -0.2) is 54.2 Å². The number of aliphatic hydroxyl groups excluding tert-OH is 4. The number of halogens is 2. The zero-order valence-electron chi connectivity index (χ0n) is 39.8. The van der Waals surface area contributed by atoms with E-state index in [9.17, 15) is 65.8 Å². The maximum absolute atomic E-state index is 13.5. The van der Waals surface area contributed by atoms with Gasteiger partial charge in [-0.05, 0) is 67.4 Å². The molecular formula is C45H59CaF2N7O12S2. The van der Waals surface area contributed by atoms with E-state index in [-0.39, 0.29) is 74.3 Å². The van der Waals surface area contributed by atoms with E-state index in [2.05, 4.69) is 25.7 Å². The molecule has 4 atom stereocenters. The maximum Gasteiger partial charge on any atom is 2.00 e. The van der Waals surface area contributed by atoms with Gasteiger partial charge in [-0.2, -0.15) is 0 Å². The van der Waals surface area contributed by atoms with E-state index >= 15 is 0 Å². The number of aliphatic carboxylic acids is 2. The summed E-state index contributed by atoms with van der Waals surface area (Å²) in [6, 6.07) is 10.9. The number of aliphatic hydroxyl groups is 4. The molecule has 24 heteroatoms. The maximum atomic E-state index is 13.5. The topological polar surface area (TPSA) is 314 Å². The number of carbonyl (C=O) groups excluding carboxylic acids is 2. The minimum atomic E-state index is -3.66. The molecule has 374 valence electrons. The Bertz CT molecular complexity index is 2430. The molecule has 69 heavy (non-hydrogen) atoms. The van der Waals surface area contributed by atoms with Gasteiger partial charge in [-0.3, -0.25) is 0 Å². The first-order chi connectivity index (χ1) is 31.6. The van der Waals surface area contributed by atoms with E-state index in [4.69, 9.17) is 0 Å². The molecule has 19 nitrogen and oxygen atoms in total. The van der Waals surface area contributed by atoms with Crippen molar-refractivity contribution < 1.29 is 65.8 Å². The predicted octanol–water partition coefficient (Wildman–Crippen LogP) is 1.33. The van der Waals surface area contributed by atoms with Gasteiger partial charge in [0, 0.05) is 74.0 Å². The normalized spacial score (nSPS) is 13.4. The van der Waals surface area contributed by atoms with E-state index in [0.717, 1.165) is 21.1 Å². The molecule has 0 fully saturated rings. The van der Waals surface area contributed by atoms with Crippen LogP contribution in [0.4, 0.5) is 20.7 Å².